The molecule has 114 valence electrons. The van der Waals surface area contributed by atoms with Crippen LogP contribution in [0.4, 0.5) is 0 Å². The van der Waals surface area contributed by atoms with Gasteiger partial charge in [-0.2, -0.15) is 0 Å². The van der Waals surface area contributed by atoms with Crippen LogP contribution in [0, 0.1) is 13.8 Å². The molecule has 0 aliphatic rings. The van der Waals surface area contributed by atoms with Crippen molar-refractivity contribution >= 4 is 11.9 Å². The van der Waals surface area contributed by atoms with Gasteiger partial charge in [0, 0.05) is 0 Å². The summed E-state index contributed by atoms with van der Waals surface area (Å²) in [7, 11) is 1.67. The van der Waals surface area contributed by atoms with E-state index in [-0.39, 0.29) is 5.78 Å². The summed E-state index contributed by atoms with van der Waals surface area (Å²) >= 11 is 0. The van der Waals surface area contributed by atoms with Crippen LogP contribution in [0.25, 0.3) is 6.08 Å². The number of allylic oxidation sites excluding steroid dienone is 3. The summed E-state index contributed by atoms with van der Waals surface area (Å²) in [6.45, 7) is 6.26. The molecule has 0 saturated heterocycles. The van der Waals surface area contributed by atoms with Crippen LogP contribution in [0.15, 0.2) is 30.4 Å². The number of benzene rings is 1. The van der Waals surface area contributed by atoms with Crippen molar-refractivity contribution in [2.24, 2.45) is 0 Å². The molecule has 1 aromatic rings. The minimum absolute atomic E-state index is 0.0312. The number of ether oxygens (including phenoxy) is 1. The molecule has 0 unspecified atom stereocenters. The van der Waals surface area contributed by atoms with Gasteiger partial charge in [-0.25, -0.2) is 0 Å². The fourth-order valence-electron chi connectivity index (χ4n) is 2.11. The molecule has 1 rings (SSSR count). The van der Waals surface area contributed by atoms with E-state index in [2.05, 4.69) is 13.0 Å². The average Bonchev–Trinajstić information content (AvgIpc) is 2.48. The SMILES string of the molecule is CCCCC/C=C\C(=O)/C=C/c1cc(C)c(C)c(OC)c1. The van der Waals surface area contributed by atoms with Crippen LogP contribution >= 0.6 is 0 Å². The number of rotatable bonds is 8. The Morgan fingerprint density at radius 3 is 2.62 bits per heavy atom. The first-order chi connectivity index (χ1) is 10.1. The lowest BCUT2D eigenvalue weighted by atomic mass is 10.0. The Hall–Kier alpha value is -1.83. The predicted octanol–water partition coefficient (Wildman–Crippen LogP) is 5.03. The van der Waals surface area contributed by atoms with E-state index in [1.54, 1.807) is 19.3 Å². The average molecular weight is 286 g/mol. The first-order valence-electron chi connectivity index (χ1n) is 7.62. The van der Waals surface area contributed by atoms with Crippen molar-refractivity contribution in [2.45, 2.75) is 46.5 Å². The molecule has 0 fully saturated rings. The fourth-order valence-corrected chi connectivity index (χ4v) is 2.11. The molecule has 0 aliphatic carbocycles. The molecule has 2 heteroatoms. The van der Waals surface area contributed by atoms with E-state index in [0.29, 0.717) is 0 Å². The summed E-state index contributed by atoms with van der Waals surface area (Å²) in [6, 6.07) is 4.02. The summed E-state index contributed by atoms with van der Waals surface area (Å²) in [4.78, 5) is 11.8. The van der Waals surface area contributed by atoms with Gasteiger partial charge in [0.25, 0.3) is 0 Å². The highest BCUT2D eigenvalue weighted by Crippen LogP contribution is 2.23. The minimum Gasteiger partial charge on any atom is -0.496 e. The van der Waals surface area contributed by atoms with Gasteiger partial charge < -0.3 is 4.74 Å². The van der Waals surface area contributed by atoms with E-state index in [1.807, 2.05) is 32.1 Å². The highest BCUT2D eigenvalue weighted by molar-refractivity contribution is 6.02. The second kappa shape index (κ2) is 9.17. The Kier molecular flexibility index (Phi) is 7.52. The Bertz CT molecular complexity index is 525. The van der Waals surface area contributed by atoms with E-state index in [0.717, 1.165) is 35.3 Å². The number of hydrogen-bond donors (Lipinski definition) is 0. The monoisotopic (exact) mass is 286 g/mol. The standard InChI is InChI=1S/C19H26O2/c1-5-6-7-8-9-10-18(20)12-11-17-13-15(2)16(3)19(14-17)21-4/h9-14H,5-8H2,1-4H3/b10-9-,12-11+. The molecule has 2 nitrogen and oxygen atoms in total. The zero-order valence-electron chi connectivity index (χ0n) is 13.6. The van der Waals surface area contributed by atoms with Crippen molar-refractivity contribution in [3.05, 3.63) is 47.1 Å². The molecule has 21 heavy (non-hydrogen) atoms. The molecule has 0 spiro atoms. The van der Waals surface area contributed by atoms with Crippen molar-refractivity contribution in [1.29, 1.82) is 0 Å². The molecule has 0 aliphatic heterocycles. The molecule has 0 heterocycles. The van der Waals surface area contributed by atoms with Crippen LogP contribution in [-0.2, 0) is 4.79 Å². The van der Waals surface area contributed by atoms with Crippen LogP contribution in [0.1, 0.15) is 49.3 Å². The van der Waals surface area contributed by atoms with Gasteiger partial charge >= 0.3 is 0 Å². The molecule has 0 amide bonds. The smallest absolute Gasteiger partial charge is 0.178 e. The van der Waals surface area contributed by atoms with Gasteiger partial charge in [0.05, 0.1) is 7.11 Å². The quantitative estimate of drug-likeness (QED) is 0.495. The third-order valence-corrected chi connectivity index (χ3v) is 3.56. The van der Waals surface area contributed by atoms with Crippen molar-refractivity contribution < 1.29 is 9.53 Å². The van der Waals surface area contributed by atoms with E-state index in [9.17, 15) is 4.79 Å². The van der Waals surface area contributed by atoms with Gasteiger partial charge in [0.1, 0.15) is 5.75 Å². The van der Waals surface area contributed by atoms with Crippen LogP contribution in [-0.4, -0.2) is 12.9 Å². The maximum atomic E-state index is 11.8. The Labute approximate surface area is 128 Å². The van der Waals surface area contributed by atoms with Gasteiger partial charge in [-0.1, -0.05) is 38.0 Å². The Balaban J connectivity index is 2.64. The topological polar surface area (TPSA) is 26.3 Å². The van der Waals surface area contributed by atoms with Gasteiger partial charge in [-0.05, 0) is 61.6 Å². The van der Waals surface area contributed by atoms with Crippen molar-refractivity contribution in [1.82, 2.24) is 0 Å². The predicted molar refractivity (Wildman–Crippen MR) is 89.8 cm³/mol. The second-order valence-corrected chi connectivity index (χ2v) is 5.30. The van der Waals surface area contributed by atoms with Gasteiger partial charge in [-0.3, -0.25) is 4.79 Å². The van der Waals surface area contributed by atoms with E-state index in [1.165, 1.54) is 12.8 Å². The lowest BCUT2D eigenvalue weighted by Crippen LogP contribution is -1.92. The number of methoxy groups -OCH3 is 1. The Morgan fingerprint density at radius 2 is 1.95 bits per heavy atom. The first-order valence-corrected chi connectivity index (χ1v) is 7.62. The van der Waals surface area contributed by atoms with Crippen LogP contribution < -0.4 is 4.74 Å². The van der Waals surface area contributed by atoms with Gasteiger partial charge in [-0.15, -0.1) is 0 Å². The van der Waals surface area contributed by atoms with E-state index in [4.69, 9.17) is 4.74 Å². The number of aryl methyl sites for hydroxylation is 1. The zero-order valence-corrected chi connectivity index (χ0v) is 13.6. The second-order valence-electron chi connectivity index (χ2n) is 5.30. The van der Waals surface area contributed by atoms with Crippen LogP contribution in [0.3, 0.4) is 0 Å². The Morgan fingerprint density at radius 1 is 1.19 bits per heavy atom. The minimum atomic E-state index is 0.0312. The summed E-state index contributed by atoms with van der Waals surface area (Å²) in [5.41, 5.74) is 3.29. The largest absolute Gasteiger partial charge is 0.496 e. The number of ketones is 1. The lowest BCUT2D eigenvalue weighted by molar-refractivity contribution is -0.110. The number of hydrogen-bond acceptors (Lipinski definition) is 2. The van der Waals surface area contributed by atoms with Crippen molar-refractivity contribution in [3.8, 4) is 5.75 Å². The lowest BCUT2D eigenvalue weighted by Gasteiger charge is -2.08. The molecule has 1 aromatic carbocycles. The summed E-state index contributed by atoms with van der Waals surface area (Å²) in [5.74, 6) is 0.890. The van der Waals surface area contributed by atoms with Crippen LogP contribution in [0.2, 0.25) is 0 Å². The maximum absolute atomic E-state index is 11.8. The molecular weight excluding hydrogens is 260 g/mol. The van der Waals surface area contributed by atoms with Crippen molar-refractivity contribution in [2.75, 3.05) is 7.11 Å². The third kappa shape index (κ3) is 5.99. The van der Waals surface area contributed by atoms with Crippen molar-refractivity contribution in [3.63, 3.8) is 0 Å². The highest BCUT2D eigenvalue weighted by Gasteiger charge is 2.03. The molecular formula is C19H26O2. The fraction of sp³-hybridized carbons (Fsp3) is 0.421. The zero-order chi connectivity index (χ0) is 15.7. The number of carbonyl (C=O) groups excluding carboxylic acids is 1. The van der Waals surface area contributed by atoms with E-state index < -0.39 is 0 Å². The van der Waals surface area contributed by atoms with Crippen LogP contribution in [0.5, 0.6) is 5.75 Å². The van der Waals surface area contributed by atoms with Gasteiger partial charge in [0.2, 0.25) is 0 Å². The summed E-state index contributed by atoms with van der Waals surface area (Å²) in [6.07, 6.45) is 11.6. The van der Waals surface area contributed by atoms with Gasteiger partial charge in [0.15, 0.2) is 5.78 Å². The molecule has 0 saturated carbocycles. The number of unbranched alkanes of at least 4 members (excludes halogenated alkanes) is 3. The molecule has 0 N–H and O–H groups in total. The molecule has 0 bridgehead atoms. The summed E-state index contributed by atoms with van der Waals surface area (Å²) in [5, 5.41) is 0. The summed E-state index contributed by atoms with van der Waals surface area (Å²) < 4.78 is 5.34. The highest BCUT2D eigenvalue weighted by atomic mass is 16.5. The number of carbonyl (C=O) groups is 1. The molecule has 0 aromatic heterocycles. The van der Waals surface area contributed by atoms with E-state index >= 15 is 0 Å². The maximum Gasteiger partial charge on any atom is 0.178 e. The third-order valence-electron chi connectivity index (χ3n) is 3.56. The normalized spacial score (nSPS) is 11.4. The molecule has 0 atom stereocenters. The molecule has 0 radical (unpaired) electrons. The first kappa shape index (κ1) is 17.2.